The zero-order chi connectivity index (χ0) is 29.5. The van der Waals surface area contributed by atoms with Gasteiger partial charge in [-0.1, -0.05) is 40.9 Å². The molecule has 3 aromatic rings. The molecule has 0 unspecified atom stereocenters. The summed E-state index contributed by atoms with van der Waals surface area (Å²) in [5, 5.41) is 24.5. The molecule has 0 fully saturated rings. The third-order valence-electron chi connectivity index (χ3n) is 4.42. The Bertz CT molecular complexity index is 1560. The minimum absolute atomic E-state index is 0.0758. The van der Waals surface area contributed by atoms with Crippen molar-refractivity contribution in [1.82, 2.24) is 5.32 Å². The quantitative estimate of drug-likeness (QED) is 0.325. The van der Waals surface area contributed by atoms with Crippen molar-refractivity contribution >= 4 is 56.7 Å². The van der Waals surface area contributed by atoms with Gasteiger partial charge in [-0.3, -0.25) is 4.79 Å². The third kappa shape index (κ3) is 9.61. The summed E-state index contributed by atoms with van der Waals surface area (Å²) in [6.07, 6.45) is -5.08. The number of rotatable bonds is 6. The summed E-state index contributed by atoms with van der Waals surface area (Å²) < 4.78 is 60.7. The largest absolute Gasteiger partial charge is 0.490 e. The molecule has 4 N–H and O–H groups in total. The van der Waals surface area contributed by atoms with Crippen molar-refractivity contribution in [2.45, 2.75) is 17.6 Å². The highest BCUT2D eigenvalue weighted by atomic mass is 35.5. The van der Waals surface area contributed by atoms with Gasteiger partial charge in [0.15, 0.2) is 0 Å². The van der Waals surface area contributed by atoms with Gasteiger partial charge < -0.3 is 15.2 Å². The summed E-state index contributed by atoms with van der Waals surface area (Å²) in [5.74, 6) is -2.66. The van der Waals surface area contributed by atoms with Crippen molar-refractivity contribution in [3.05, 3.63) is 86.4 Å². The van der Waals surface area contributed by atoms with Crippen molar-refractivity contribution in [2.24, 2.45) is 5.14 Å². The normalized spacial score (nSPS) is 11.0. The number of hydrogen-bond acceptors (Lipinski definition) is 6. The molecule has 3 rings (SSSR count). The summed E-state index contributed by atoms with van der Waals surface area (Å²) in [7, 11) is -4.08. The number of nitriles is 1. The number of amides is 1. The number of nitrogens with two attached hydrogens (primary N) is 1. The van der Waals surface area contributed by atoms with Crippen LogP contribution in [0.5, 0.6) is 11.5 Å². The molecule has 0 saturated heterocycles. The van der Waals surface area contributed by atoms with E-state index in [0.29, 0.717) is 32.7 Å². The number of benzene rings is 3. The molecule has 3 aromatic carbocycles. The van der Waals surface area contributed by atoms with E-state index < -0.39 is 28.1 Å². The fourth-order valence-electron chi connectivity index (χ4n) is 2.70. The van der Waals surface area contributed by atoms with Crippen LogP contribution in [0.3, 0.4) is 0 Å². The molecule has 0 aliphatic carbocycles. The molecule has 0 saturated carbocycles. The first-order chi connectivity index (χ1) is 18.0. The number of carboxylic acid groups (broad SMARTS) is 1. The van der Waals surface area contributed by atoms with Crippen LogP contribution in [-0.2, 0) is 21.4 Å². The van der Waals surface area contributed by atoms with Crippen molar-refractivity contribution < 1.29 is 41.0 Å². The molecule has 16 heteroatoms. The van der Waals surface area contributed by atoms with Gasteiger partial charge in [-0.2, -0.15) is 18.4 Å². The van der Waals surface area contributed by atoms with Crippen LogP contribution in [0.15, 0.2) is 59.5 Å². The second-order valence-corrected chi connectivity index (χ2v) is 10.1. The van der Waals surface area contributed by atoms with E-state index in [-0.39, 0.29) is 22.0 Å². The highest BCUT2D eigenvalue weighted by molar-refractivity contribution is 7.89. The number of nitrogens with zero attached hydrogens (tertiary/aromatic N) is 1. The van der Waals surface area contributed by atoms with Crippen molar-refractivity contribution in [1.29, 1.82) is 5.26 Å². The van der Waals surface area contributed by atoms with Crippen molar-refractivity contribution in [3.63, 3.8) is 0 Å². The van der Waals surface area contributed by atoms with E-state index in [9.17, 15) is 26.4 Å². The number of carboxylic acids is 1. The lowest BCUT2D eigenvalue weighted by atomic mass is 10.2. The van der Waals surface area contributed by atoms with Crippen LogP contribution in [-0.4, -0.2) is 31.6 Å². The average Bonchev–Trinajstić information content (AvgIpc) is 2.83. The summed E-state index contributed by atoms with van der Waals surface area (Å²) in [5.41, 5.74) is 1.06. The van der Waals surface area contributed by atoms with E-state index in [1.54, 1.807) is 18.2 Å². The Kier molecular flexibility index (Phi) is 10.6. The SMILES string of the molecule is N#Cc1cc(Cl)cc(Oc2cc(CNC(=O)c3ccc(Cl)c(S(N)(=O)=O)c3)ccc2Cl)c1.O=C(O)C(F)(F)F. The lowest BCUT2D eigenvalue weighted by Gasteiger charge is -2.11. The molecule has 0 atom stereocenters. The average molecular weight is 625 g/mol. The van der Waals surface area contributed by atoms with E-state index in [0.717, 1.165) is 6.07 Å². The Hall–Kier alpha value is -3.54. The van der Waals surface area contributed by atoms with Gasteiger partial charge in [0.2, 0.25) is 10.0 Å². The monoisotopic (exact) mass is 623 g/mol. The fourth-order valence-corrected chi connectivity index (χ4v) is 4.15. The maximum absolute atomic E-state index is 12.5. The van der Waals surface area contributed by atoms with Crippen molar-refractivity contribution in [2.75, 3.05) is 0 Å². The predicted molar refractivity (Wildman–Crippen MR) is 135 cm³/mol. The predicted octanol–water partition coefficient (Wildman–Crippen LogP) is 5.52. The smallest absolute Gasteiger partial charge is 0.475 e. The maximum atomic E-state index is 12.5. The first-order valence-electron chi connectivity index (χ1n) is 10.1. The maximum Gasteiger partial charge on any atom is 0.490 e. The van der Waals surface area contributed by atoms with Crippen LogP contribution in [0.2, 0.25) is 15.1 Å². The molecule has 0 aromatic heterocycles. The van der Waals surface area contributed by atoms with Crippen LogP contribution in [0.1, 0.15) is 21.5 Å². The van der Waals surface area contributed by atoms with Gasteiger partial charge in [0.1, 0.15) is 16.4 Å². The van der Waals surface area contributed by atoms with Crippen LogP contribution in [0, 0.1) is 11.3 Å². The molecule has 0 radical (unpaired) electrons. The zero-order valence-electron chi connectivity index (χ0n) is 19.1. The molecule has 0 heterocycles. The summed E-state index contributed by atoms with van der Waals surface area (Å²) in [6, 6.07) is 15.2. The van der Waals surface area contributed by atoms with Gasteiger partial charge in [-0.15, -0.1) is 0 Å². The molecule has 0 spiro atoms. The number of aliphatic carboxylic acids is 1. The first-order valence-corrected chi connectivity index (χ1v) is 12.8. The summed E-state index contributed by atoms with van der Waals surface area (Å²) in [6.45, 7) is 0.0959. The highest BCUT2D eigenvalue weighted by Gasteiger charge is 2.38. The lowest BCUT2D eigenvalue weighted by molar-refractivity contribution is -0.192. The number of carbonyl (C=O) groups is 2. The van der Waals surface area contributed by atoms with Gasteiger partial charge in [0.05, 0.1) is 21.7 Å². The first kappa shape index (κ1) is 31.7. The van der Waals surface area contributed by atoms with E-state index in [4.69, 9.17) is 59.8 Å². The Morgan fingerprint density at radius 2 is 1.64 bits per heavy atom. The zero-order valence-corrected chi connectivity index (χ0v) is 22.2. The van der Waals surface area contributed by atoms with Crippen molar-refractivity contribution in [3.8, 4) is 17.6 Å². The summed E-state index contributed by atoms with van der Waals surface area (Å²) in [4.78, 5) is 21.0. The number of primary sulfonamides is 1. The minimum Gasteiger partial charge on any atom is -0.475 e. The molecule has 39 heavy (non-hydrogen) atoms. The van der Waals surface area contributed by atoms with Crippen LogP contribution in [0.25, 0.3) is 0 Å². The minimum atomic E-state index is -5.08. The summed E-state index contributed by atoms with van der Waals surface area (Å²) >= 11 is 18.0. The number of ether oxygens (including phenoxy) is 1. The molecule has 0 aliphatic rings. The second-order valence-electron chi connectivity index (χ2n) is 7.33. The Morgan fingerprint density at radius 1 is 1.03 bits per heavy atom. The van der Waals surface area contributed by atoms with Gasteiger partial charge >= 0.3 is 12.1 Å². The fraction of sp³-hybridized carbons (Fsp3) is 0.0870. The van der Waals surface area contributed by atoms with Gasteiger partial charge in [-0.05, 0) is 54.1 Å². The topological polar surface area (TPSA) is 160 Å². The molecule has 1 amide bonds. The van der Waals surface area contributed by atoms with E-state index in [2.05, 4.69) is 5.32 Å². The Balaban J connectivity index is 0.000000673. The Morgan fingerprint density at radius 3 is 2.21 bits per heavy atom. The van der Waals surface area contributed by atoms with Crippen LogP contribution >= 0.6 is 34.8 Å². The molecule has 0 bridgehead atoms. The molecule has 9 nitrogen and oxygen atoms in total. The van der Waals surface area contributed by atoms with Gasteiger partial charge in [-0.25, -0.2) is 18.4 Å². The number of hydrogen-bond donors (Lipinski definition) is 3. The third-order valence-corrected chi connectivity index (χ3v) is 6.34. The van der Waals surface area contributed by atoms with Gasteiger partial charge in [0, 0.05) is 17.1 Å². The number of nitrogens with one attached hydrogen (secondary N) is 1. The van der Waals surface area contributed by atoms with E-state index in [1.165, 1.54) is 30.3 Å². The van der Waals surface area contributed by atoms with E-state index in [1.807, 2.05) is 6.07 Å². The molecule has 0 aliphatic heterocycles. The second kappa shape index (κ2) is 13.0. The number of carbonyl (C=O) groups excluding carboxylic acids is 1. The number of halogens is 6. The molecular weight excluding hydrogens is 610 g/mol. The van der Waals surface area contributed by atoms with Crippen LogP contribution in [0.4, 0.5) is 13.2 Å². The highest BCUT2D eigenvalue weighted by Crippen LogP contribution is 2.32. The Labute approximate surface area is 234 Å². The molecular formula is C23H15Cl3F3N3O6S. The standard InChI is InChI=1S/C21H14Cl3N3O4S.C2HF3O2/c22-15-5-13(10-25)6-16(9-15)31-19-7-12(1-3-17(19)23)11-27-21(28)14-2-4-18(24)20(8-14)32(26,29)30;3-2(4,5)1(6)7/h1-9H,11H2,(H,27,28)(H2,26,29,30);(H,6,7). The van der Waals surface area contributed by atoms with Gasteiger partial charge in [0.25, 0.3) is 5.91 Å². The van der Waals surface area contributed by atoms with Crippen LogP contribution < -0.4 is 15.2 Å². The lowest BCUT2D eigenvalue weighted by Crippen LogP contribution is -2.23. The van der Waals surface area contributed by atoms with E-state index >= 15 is 0 Å². The number of alkyl halides is 3. The number of sulfonamides is 1. The molecule has 206 valence electrons.